The van der Waals surface area contributed by atoms with Gasteiger partial charge in [0.1, 0.15) is 0 Å². The van der Waals surface area contributed by atoms with Crippen molar-refractivity contribution in [3.8, 4) is 0 Å². The molecule has 2 atom stereocenters. The number of carbonyl (C=O) groups is 1. The second kappa shape index (κ2) is 5.55. The number of carbonyl (C=O) groups excluding carboxylic acids is 1. The van der Waals surface area contributed by atoms with E-state index in [0.29, 0.717) is 19.3 Å². The minimum absolute atomic E-state index is 0.0406. The molecule has 1 aliphatic carbocycles. The van der Waals surface area contributed by atoms with Crippen LogP contribution < -0.4 is 5.32 Å². The van der Waals surface area contributed by atoms with E-state index in [0.717, 1.165) is 6.42 Å². The number of halogens is 3. The predicted octanol–water partition coefficient (Wildman–Crippen LogP) is 3.02. The highest BCUT2D eigenvalue weighted by Crippen LogP contribution is 2.37. The predicted molar refractivity (Wildman–Crippen MR) is 54.9 cm³/mol. The van der Waals surface area contributed by atoms with Gasteiger partial charge in [0.05, 0.1) is 5.92 Å². The fraction of sp³-hybridized carbons (Fsp3) is 0.909. The highest BCUT2D eigenvalue weighted by atomic mass is 19.4. The summed E-state index contributed by atoms with van der Waals surface area (Å²) in [5, 5.41) is 2.68. The summed E-state index contributed by atoms with van der Waals surface area (Å²) in [6.07, 6.45) is -1.55. The molecule has 0 aromatic rings. The summed E-state index contributed by atoms with van der Waals surface area (Å²) in [5.74, 6) is -1.37. The molecule has 0 radical (unpaired) electrons. The Morgan fingerprint density at radius 2 is 2.06 bits per heavy atom. The molecule has 1 fully saturated rings. The van der Waals surface area contributed by atoms with Gasteiger partial charge in [0.25, 0.3) is 0 Å². The summed E-state index contributed by atoms with van der Waals surface area (Å²) < 4.78 is 37.5. The third-order valence-electron chi connectivity index (χ3n) is 2.98. The van der Waals surface area contributed by atoms with Gasteiger partial charge in [-0.25, -0.2) is 0 Å². The number of hydrogen-bond donors (Lipinski definition) is 1. The molecule has 5 heteroatoms. The summed E-state index contributed by atoms with van der Waals surface area (Å²) >= 11 is 0. The van der Waals surface area contributed by atoms with Crippen LogP contribution in [0.1, 0.15) is 45.4 Å². The van der Waals surface area contributed by atoms with E-state index in [4.69, 9.17) is 0 Å². The van der Waals surface area contributed by atoms with E-state index < -0.39 is 12.1 Å². The van der Waals surface area contributed by atoms with E-state index in [1.807, 2.05) is 6.92 Å². The molecule has 0 saturated heterocycles. The fourth-order valence-corrected chi connectivity index (χ4v) is 2.15. The van der Waals surface area contributed by atoms with Gasteiger partial charge in [-0.3, -0.25) is 4.79 Å². The number of amides is 1. The van der Waals surface area contributed by atoms with Gasteiger partial charge >= 0.3 is 6.18 Å². The summed E-state index contributed by atoms with van der Waals surface area (Å²) in [6.45, 7) is 1.87. The Kier molecular flexibility index (Phi) is 4.62. The molecule has 0 bridgehead atoms. The van der Waals surface area contributed by atoms with Gasteiger partial charge in [-0.15, -0.1) is 0 Å². The second-order valence-corrected chi connectivity index (χ2v) is 4.42. The van der Waals surface area contributed by atoms with Crippen LogP contribution in [0.25, 0.3) is 0 Å². The van der Waals surface area contributed by atoms with Gasteiger partial charge in [0.15, 0.2) is 0 Å². The van der Waals surface area contributed by atoms with E-state index in [9.17, 15) is 18.0 Å². The van der Waals surface area contributed by atoms with Crippen molar-refractivity contribution in [2.45, 2.75) is 57.7 Å². The third kappa shape index (κ3) is 4.02. The van der Waals surface area contributed by atoms with Gasteiger partial charge in [0.2, 0.25) is 5.91 Å². The standard InChI is InChI=1S/C11H18F3NO/c1-2-4-10(16)15-9-6-3-5-8(7-9)11(12,13)14/h8-9H,2-7H2,1H3,(H,15,16). The molecule has 1 aliphatic rings. The third-order valence-corrected chi connectivity index (χ3v) is 2.98. The Morgan fingerprint density at radius 1 is 1.38 bits per heavy atom. The van der Waals surface area contributed by atoms with Crippen LogP contribution in [0.2, 0.25) is 0 Å². The maximum atomic E-state index is 12.5. The molecule has 0 aliphatic heterocycles. The van der Waals surface area contributed by atoms with Crippen LogP contribution in [0, 0.1) is 5.92 Å². The first-order chi connectivity index (χ1) is 7.43. The molecular weight excluding hydrogens is 219 g/mol. The summed E-state index contributed by atoms with van der Waals surface area (Å²) in [7, 11) is 0. The Balaban J connectivity index is 2.42. The normalized spacial score (nSPS) is 26.5. The van der Waals surface area contributed by atoms with Crippen molar-refractivity contribution < 1.29 is 18.0 Å². The molecule has 0 spiro atoms. The van der Waals surface area contributed by atoms with Crippen LogP contribution in [0.4, 0.5) is 13.2 Å². The first-order valence-corrected chi connectivity index (χ1v) is 5.79. The minimum Gasteiger partial charge on any atom is -0.353 e. The van der Waals surface area contributed by atoms with Crippen molar-refractivity contribution in [2.75, 3.05) is 0 Å². The first-order valence-electron chi connectivity index (χ1n) is 5.79. The van der Waals surface area contributed by atoms with E-state index in [1.165, 1.54) is 0 Å². The van der Waals surface area contributed by atoms with Crippen molar-refractivity contribution in [3.05, 3.63) is 0 Å². The first kappa shape index (κ1) is 13.3. The molecule has 0 aromatic carbocycles. The van der Waals surface area contributed by atoms with Crippen molar-refractivity contribution >= 4 is 5.91 Å². The Morgan fingerprint density at radius 3 is 2.62 bits per heavy atom. The molecular formula is C11H18F3NO. The Labute approximate surface area is 93.6 Å². The van der Waals surface area contributed by atoms with E-state index in [-0.39, 0.29) is 24.8 Å². The van der Waals surface area contributed by atoms with Crippen molar-refractivity contribution in [3.63, 3.8) is 0 Å². The van der Waals surface area contributed by atoms with Crippen LogP contribution in [0.5, 0.6) is 0 Å². The quantitative estimate of drug-likeness (QED) is 0.803. The molecule has 1 rings (SSSR count). The summed E-state index contributed by atoms with van der Waals surface area (Å²) in [6, 6.07) is -0.292. The minimum atomic E-state index is -4.12. The number of nitrogens with one attached hydrogen (secondary N) is 1. The highest BCUT2D eigenvalue weighted by Gasteiger charge is 2.42. The van der Waals surface area contributed by atoms with Crippen molar-refractivity contribution in [1.29, 1.82) is 0 Å². The largest absolute Gasteiger partial charge is 0.391 e. The van der Waals surface area contributed by atoms with Crippen molar-refractivity contribution in [1.82, 2.24) is 5.32 Å². The van der Waals surface area contributed by atoms with E-state index >= 15 is 0 Å². The fourth-order valence-electron chi connectivity index (χ4n) is 2.15. The zero-order valence-corrected chi connectivity index (χ0v) is 9.44. The molecule has 1 amide bonds. The highest BCUT2D eigenvalue weighted by molar-refractivity contribution is 5.76. The average molecular weight is 237 g/mol. The lowest BCUT2D eigenvalue weighted by atomic mass is 9.85. The summed E-state index contributed by atoms with van der Waals surface area (Å²) in [4.78, 5) is 11.3. The lowest BCUT2D eigenvalue weighted by Crippen LogP contribution is -2.41. The molecule has 0 heterocycles. The molecule has 0 aromatic heterocycles. The smallest absolute Gasteiger partial charge is 0.353 e. The van der Waals surface area contributed by atoms with Crippen LogP contribution in [0.15, 0.2) is 0 Å². The van der Waals surface area contributed by atoms with Crippen LogP contribution in [-0.4, -0.2) is 18.1 Å². The zero-order chi connectivity index (χ0) is 12.2. The summed E-state index contributed by atoms with van der Waals surface area (Å²) in [5.41, 5.74) is 0. The maximum absolute atomic E-state index is 12.5. The zero-order valence-electron chi connectivity index (χ0n) is 9.44. The Hall–Kier alpha value is -0.740. The Bertz CT molecular complexity index is 240. The van der Waals surface area contributed by atoms with Crippen LogP contribution >= 0.6 is 0 Å². The maximum Gasteiger partial charge on any atom is 0.391 e. The molecule has 94 valence electrons. The van der Waals surface area contributed by atoms with Crippen molar-refractivity contribution in [2.24, 2.45) is 5.92 Å². The van der Waals surface area contributed by atoms with Gasteiger partial charge in [0, 0.05) is 12.5 Å². The van der Waals surface area contributed by atoms with Crippen LogP contribution in [-0.2, 0) is 4.79 Å². The van der Waals surface area contributed by atoms with E-state index in [2.05, 4.69) is 5.32 Å². The molecule has 2 nitrogen and oxygen atoms in total. The number of hydrogen-bond acceptors (Lipinski definition) is 1. The lowest BCUT2D eigenvalue weighted by Gasteiger charge is -2.31. The molecule has 1 N–H and O–H groups in total. The topological polar surface area (TPSA) is 29.1 Å². The van der Waals surface area contributed by atoms with Gasteiger partial charge in [-0.1, -0.05) is 13.3 Å². The van der Waals surface area contributed by atoms with Gasteiger partial charge < -0.3 is 5.32 Å². The van der Waals surface area contributed by atoms with Crippen LogP contribution in [0.3, 0.4) is 0 Å². The number of rotatable bonds is 3. The van der Waals surface area contributed by atoms with Gasteiger partial charge in [-0.2, -0.15) is 13.2 Å². The number of alkyl halides is 3. The average Bonchev–Trinajstić information content (AvgIpc) is 2.17. The van der Waals surface area contributed by atoms with E-state index in [1.54, 1.807) is 0 Å². The molecule has 1 saturated carbocycles. The lowest BCUT2D eigenvalue weighted by molar-refractivity contribution is -0.184. The molecule has 16 heavy (non-hydrogen) atoms. The SMILES string of the molecule is CCCC(=O)NC1CCCC(C(F)(F)F)C1. The van der Waals surface area contributed by atoms with Gasteiger partial charge in [-0.05, 0) is 25.7 Å². The monoisotopic (exact) mass is 237 g/mol. The molecule has 2 unspecified atom stereocenters. The second-order valence-electron chi connectivity index (χ2n) is 4.42.